The van der Waals surface area contributed by atoms with Gasteiger partial charge in [0.25, 0.3) is 0 Å². The smallest absolute Gasteiger partial charge is 0.0513 e. The molecule has 3 nitrogen and oxygen atoms in total. The van der Waals surface area contributed by atoms with Gasteiger partial charge in [-0.15, -0.1) is 0 Å². The molecule has 0 amide bonds. The molecule has 0 radical (unpaired) electrons. The fourth-order valence-corrected chi connectivity index (χ4v) is 5.38. The molecule has 0 saturated carbocycles. The molecular weight excluding hydrogens is 378 g/mol. The zero-order valence-corrected chi connectivity index (χ0v) is 20.8. The summed E-state index contributed by atoms with van der Waals surface area (Å²) in [7, 11) is 0. The molecule has 0 aromatic carbocycles. The van der Waals surface area contributed by atoms with Crippen molar-refractivity contribution < 1.29 is 0 Å². The molecule has 0 aromatic rings. The lowest BCUT2D eigenvalue weighted by atomic mass is 9.85. The summed E-state index contributed by atoms with van der Waals surface area (Å²) in [6.45, 7) is 28.0. The molecule has 3 aliphatic heterocycles. The molecule has 3 aliphatic rings. The lowest BCUT2D eigenvalue weighted by molar-refractivity contribution is 0.146. The van der Waals surface area contributed by atoms with Crippen molar-refractivity contribution in [3.8, 4) is 0 Å². The standard InChI is InChI=1S/C28H45N3/c1-9-11-26-24(20(3)10-2)18-25-22(5)31(17-14-27(25)29-26)23-12-15-30(16-13-23)21(4)19-28(6,7)8/h18,23,26,29H,3-5,9-17,19H2,1-2,6-8H3. The fraction of sp³-hybridized carbons (Fsp3) is 0.643. The quantitative estimate of drug-likeness (QED) is 0.501. The van der Waals surface area contributed by atoms with E-state index in [9.17, 15) is 0 Å². The summed E-state index contributed by atoms with van der Waals surface area (Å²) in [5, 5.41) is 3.86. The monoisotopic (exact) mass is 423 g/mol. The van der Waals surface area contributed by atoms with Crippen molar-refractivity contribution in [2.45, 2.75) is 91.6 Å². The van der Waals surface area contributed by atoms with Crippen LogP contribution in [0.25, 0.3) is 0 Å². The maximum Gasteiger partial charge on any atom is 0.0513 e. The summed E-state index contributed by atoms with van der Waals surface area (Å²) in [5.41, 5.74) is 8.17. The van der Waals surface area contributed by atoms with Crippen molar-refractivity contribution in [3.05, 3.63) is 59.6 Å². The lowest BCUT2D eigenvalue weighted by Crippen LogP contribution is -2.47. The minimum atomic E-state index is 0.300. The highest BCUT2D eigenvalue weighted by atomic mass is 15.2. The Morgan fingerprint density at radius 3 is 2.39 bits per heavy atom. The third-order valence-corrected chi connectivity index (χ3v) is 7.11. The van der Waals surface area contributed by atoms with Crippen molar-refractivity contribution >= 4 is 0 Å². The average molecular weight is 424 g/mol. The van der Waals surface area contributed by atoms with Gasteiger partial charge in [0, 0.05) is 54.8 Å². The summed E-state index contributed by atoms with van der Waals surface area (Å²) < 4.78 is 0. The number of nitrogens with one attached hydrogen (secondary N) is 1. The molecule has 3 heterocycles. The van der Waals surface area contributed by atoms with E-state index < -0.39 is 0 Å². The lowest BCUT2D eigenvalue weighted by Gasteiger charge is -2.46. The Morgan fingerprint density at radius 2 is 1.81 bits per heavy atom. The number of allylic oxidation sites excluding steroid dienone is 2. The van der Waals surface area contributed by atoms with E-state index in [4.69, 9.17) is 0 Å². The van der Waals surface area contributed by atoms with E-state index in [0.717, 1.165) is 45.3 Å². The zero-order valence-electron chi connectivity index (χ0n) is 20.8. The largest absolute Gasteiger partial charge is 0.381 e. The number of likely N-dealkylation sites (tertiary alicyclic amines) is 1. The molecule has 1 N–H and O–H groups in total. The van der Waals surface area contributed by atoms with Gasteiger partial charge in [-0.3, -0.25) is 0 Å². The van der Waals surface area contributed by atoms with Gasteiger partial charge >= 0.3 is 0 Å². The van der Waals surface area contributed by atoms with Crippen LogP contribution in [0.5, 0.6) is 0 Å². The van der Waals surface area contributed by atoms with Crippen LogP contribution in [-0.4, -0.2) is 41.5 Å². The molecule has 1 unspecified atom stereocenters. The van der Waals surface area contributed by atoms with Crippen LogP contribution in [0, 0.1) is 5.41 Å². The van der Waals surface area contributed by atoms with Gasteiger partial charge in [0.15, 0.2) is 0 Å². The number of rotatable bonds is 7. The highest BCUT2D eigenvalue weighted by molar-refractivity contribution is 5.53. The molecule has 0 spiro atoms. The molecule has 1 saturated heterocycles. The van der Waals surface area contributed by atoms with Gasteiger partial charge in [-0.1, -0.05) is 66.3 Å². The first kappa shape index (κ1) is 23.8. The highest BCUT2D eigenvalue weighted by Crippen LogP contribution is 2.37. The summed E-state index contributed by atoms with van der Waals surface area (Å²) >= 11 is 0. The first-order chi connectivity index (χ1) is 14.6. The Kier molecular flexibility index (Phi) is 7.44. The zero-order chi connectivity index (χ0) is 22.8. The second-order valence-corrected chi connectivity index (χ2v) is 10.8. The maximum atomic E-state index is 4.57. The predicted molar refractivity (Wildman–Crippen MR) is 135 cm³/mol. The van der Waals surface area contributed by atoms with Gasteiger partial charge in [0.1, 0.15) is 0 Å². The normalized spacial score (nSPS) is 22.8. The third kappa shape index (κ3) is 5.48. The number of hydrogen-bond acceptors (Lipinski definition) is 3. The minimum absolute atomic E-state index is 0.300. The molecule has 3 rings (SSSR count). The van der Waals surface area contributed by atoms with Crippen LogP contribution in [0.15, 0.2) is 59.6 Å². The van der Waals surface area contributed by atoms with Crippen LogP contribution in [0.2, 0.25) is 0 Å². The Balaban J connectivity index is 1.68. The second kappa shape index (κ2) is 9.71. The van der Waals surface area contributed by atoms with Crippen LogP contribution in [0.4, 0.5) is 0 Å². The van der Waals surface area contributed by atoms with Gasteiger partial charge < -0.3 is 15.1 Å². The van der Waals surface area contributed by atoms with Crippen molar-refractivity contribution in [2.24, 2.45) is 5.41 Å². The second-order valence-electron chi connectivity index (χ2n) is 10.8. The third-order valence-electron chi connectivity index (χ3n) is 7.11. The van der Waals surface area contributed by atoms with E-state index in [1.165, 1.54) is 53.1 Å². The van der Waals surface area contributed by atoms with Crippen molar-refractivity contribution in [3.63, 3.8) is 0 Å². The Bertz CT molecular complexity index is 769. The molecule has 0 aromatic heterocycles. The number of hydrogen-bond donors (Lipinski definition) is 1. The summed E-state index contributed by atoms with van der Waals surface area (Å²) in [6.07, 6.45) is 10.3. The first-order valence-electron chi connectivity index (χ1n) is 12.4. The van der Waals surface area contributed by atoms with Crippen molar-refractivity contribution in [1.29, 1.82) is 0 Å². The van der Waals surface area contributed by atoms with Gasteiger partial charge in [-0.05, 0) is 49.2 Å². The van der Waals surface area contributed by atoms with E-state index in [1.54, 1.807) is 0 Å². The van der Waals surface area contributed by atoms with Crippen LogP contribution in [-0.2, 0) is 0 Å². The molecular formula is C28H45N3. The molecule has 1 atom stereocenters. The molecule has 0 aliphatic carbocycles. The van der Waals surface area contributed by atoms with E-state index in [-0.39, 0.29) is 0 Å². The van der Waals surface area contributed by atoms with Crippen molar-refractivity contribution in [2.75, 3.05) is 19.6 Å². The molecule has 172 valence electrons. The summed E-state index contributed by atoms with van der Waals surface area (Å²) in [4.78, 5) is 5.10. The molecule has 31 heavy (non-hydrogen) atoms. The van der Waals surface area contributed by atoms with E-state index in [2.05, 4.69) is 75.5 Å². The summed E-state index contributed by atoms with van der Waals surface area (Å²) in [5.74, 6) is 0. The topological polar surface area (TPSA) is 18.5 Å². The highest BCUT2D eigenvalue weighted by Gasteiger charge is 2.33. The predicted octanol–water partition coefficient (Wildman–Crippen LogP) is 6.54. The molecule has 3 heteroatoms. The Hall–Kier alpha value is -1.90. The van der Waals surface area contributed by atoms with E-state index >= 15 is 0 Å². The average Bonchev–Trinajstić information content (AvgIpc) is 2.72. The first-order valence-corrected chi connectivity index (χ1v) is 12.4. The minimum Gasteiger partial charge on any atom is -0.381 e. The van der Waals surface area contributed by atoms with Gasteiger partial charge in [-0.2, -0.15) is 0 Å². The SMILES string of the molecule is C=C(CC)C1=CC2=C(CCN(C3CCN(C(=C)CC(C)(C)C)CC3)C2=C)NC1CCC. The molecule has 1 fully saturated rings. The summed E-state index contributed by atoms with van der Waals surface area (Å²) in [6, 6.07) is 0.993. The molecule has 0 bridgehead atoms. The Morgan fingerprint density at radius 1 is 1.13 bits per heavy atom. The number of dihydropyridines is 1. The van der Waals surface area contributed by atoms with Gasteiger partial charge in [0.2, 0.25) is 0 Å². The van der Waals surface area contributed by atoms with Crippen LogP contribution in [0.1, 0.15) is 79.6 Å². The number of nitrogens with zero attached hydrogens (tertiary/aromatic N) is 2. The maximum absolute atomic E-state index is 4.57. The van der Waals surface area contributed by atoms with E-state index in [1.807, 2.05) is 0 Å². The van der Waals surface area contributed by atoms with Gasteiger partial charge in [-0.25, -0.2) is 0 Å². The van der Waals surface area contributed by atoms with Crippen LogP contribution >= 0.6 is 0 Å². The van der Waals surface area contributed by atoms with Crippen LogP contribution in [0.3, 0.4) is 0 Å². The van der Waals surface area contributed by atoms with Gasteiger partial charge in [0.05, 0.1) is 6.04 Å². The van der Waals surface area contributed by atoms with Crippen molar-refractivity contribution in [1.82, 2.24) is 15.1 Å². The fourth-order valence-electron chi connectivity index (χ4n) is 5.38. The van der Waals surface area contributed by atoms with E-state index in [0.29, 0.717) is 17.5 Å². The Labute approximate surface area is 191 Å². The number of piperidine rings is 1. The van der Waals surface area contributed by atoms with Crippen LogP contribution < -0.4 is 5.32 Å².